The second kappa shape index (κ2) is 6.84. The van der Waals surface area contributed by atoms with Crippen molar-refractivity contribution in [1.29, 1.82) is 0 Å². The molecule has 3 rings (SSSR count). The highest BCUT2D eigenvalue weighted by atomic mass is 32.2. The number of benzene rings is 1. The van der Waals surface area contributed by atoms with Crippen molar-refractivity contribution in [2.45, 2.75) is 38.0 Å². The minimum atomic E-state index is -3.80. The second-order valence-corrected chi connectivity index (χ2v) is 8.86. The molecule has 0 aliphatic heterocycles. The Morgan fingerprint density at radius 2 is 1.92 bits per heavy atom. The van der Waals surface area contributed by atoms with E-state index in [2.05, 4.69) is 17.6 Å². The van der Waals surface area contributed by atoms with E-state index in [0.717, 1.165) is 20.8 Å². The van der Waals surface area contributed by atoms with E-state index in [0.29, 0.717) is 11.5 Å². The lowest BCUT2D eigenvalue weighted by atomic mass is 9.80. The summed E-state index contributed by atoms with van der Waals surface area (Å²) in [5, 5.41) is 1.14. The van der Waals surface area contributed by atoms with E-state index in [-0.39, 0.29) is 0 Å². The van der Waals surface area contributed by atoms with E-state index in [4.69, 9.17) is 0 Å². The maximum Gasteiger partial charge on any atom is 0.303 e. The van der Waals surface area contributed by atoms with Gasteiger partial charge in [-0.1, -0.05) is 25.3 Å². The standard InChI is InChI=1S/C17H24BN3O3S/c1-21(2)25(23,24)20-17(22)12-8-9-13-14(10-12)19-16(18)15(13)11-6-4-3-5-7-11/h8-11,19H,3-7,18H2,1-2H3,(H,20,22). The van der Waals surface area contributed by atoms with Crippen LogP contribution in [-0.2, 0) is 10.2 Å². The average Bonchev–Trinajstić information content (AvgIpc) is 2.89. The topological polar surface area (TPSA) is 82.3 Å². The summed E-state index contributed by atoms with van der Waals surface area (Å²) in [6.45, 7) is 0. The molecule has 6 nitrogen and oxygen atoms in total. The van der Waals surface area contributed by atoms with Gasteiger partial charge in [0.25, 0.3) is 5.91 Å². The molecule has 1 aromatic carbocycles. The number of aromatic amines is 1. The summed E-state index contributed by atoms with van der Waals surface area (Å²) in [7, 11) is 1.03. The summed E-state index contributed by atoms with van der Waals surface area (Å²) in [6, 6.07) is 5.36. The first kappa shape index (κ1) is 18.0. The summed E-state index contributed by atoms with van der Waals surface area (Å²) < 4.78 is 26.7. The van der Waals surface area contributed by atoms with Crippen LogP contribution in [0.2, 0.25) is 0 Å². The van der Waals surface area contributed by atoms with Gasteiger partial charge < -0.3 is 4.98 Å². The monoisotopic (exact) mass is 361 g/mol. The highest BCUT2D eigenvalue weighted by molar-refractivity contribution is 7.87. The van der Waals surface area contributed by atoms with Crippen molar-refractivity contribution in [3.8, 4) is 0 Å². The van der Waals surface area contributed by atoms with Crippen molar-refractivity contribution in [1.82, 2.24) is 14.0 Å². The number of amides is 1. The molecule has 0 radical (unpaired) electrons. The number of carbonyl (C=O) groups excluding carboxylic acids is 1. The van der Waals surface area contributed by atoms with Gasteiger partial charge in [-0.3, -0.25) is 4.79 Å². The minimum absolute atomic E-state index is 0.328. The van der Waals surface area contributed by atoms with Gasteiger partial charge in [0.05, 0.1) is 0 Å². The van der Waals surface area contributed by atoms with E-state index in [1.807, 2.05) is 6.07 Å². The van der Waals surface area contributed by atoms with Gasteiger partial charge in [0.2, 0.25) is 0 Å². The SMILES string of the molecule is Bc1[nH]c2cc(C(=O)NS(=O)(=O)N(C)C)ccc2c1C1CCCCC1. The first-order valence-electron chi connectivity index (χ1n) is 8.66. The number of aromatic nitrogens is 1. The maximum atomic E-state index is 12.3. The van der Waals surface area contributed by atoms with E-state index in [1.165, 1.54) is 51.8 Å². The largest absolute Gasteiger partial charge is 0.367 e. The van der Waals surface area contributed by atoms with Crippen molar-refractivity contribution >= 4 is 40.5 Å². The van der Waals surface area contributed by atoms with Gasteiger partial charge >= 0.3 is 10.2 Å². The minimum Gasteiger partial charge on any atom is -0.367 e. The number of H-pyrrole nitrogens is 1. The van der Waals surface area contributed by atoms with E-state index in [9.17, 15) is 13.2 Å². The van der Waals surface area contributed by atoms with Gasteiger partial charge in [0, 0.05) is 30.6 Å². The third-order valence-corrected chi connectivity index (χ3v) is 6.42. The lowest BCUT2D eigenvalue weighted by Gasteiger charge is -2.22. The van der Waals surface area contributed by atoms with Crippen LogP contribution in [0.1, 0.15) is 53.9 Å². The van der Waals surface area contributed by atoms with Crippen molar-refractivity contribution in [2.24, 2.45) is 0 Å². The average molecular weight is 361 g/mol. The molecule has 25 heavy (non-hydrogen) atoms. The first-order valence-corrected chi connectivity index (χ1v) is 10.1. The number of fused-ring (bicyclic) bond motifs is 1. The zero-order valence-electron chi connectivity index (χ0n) is 14.9. The molecule has 1 amide bonds. The summed E-state index contributed by atoms with van der Waals surface area (Å²) in [4.78, 5) is 15.6. The Labute approximate surface area is 149 Å². The number of nitrogens with one attached hydrogen (secondary N) is 2. The van der Waals surface area contributed by atoms with Crippen LogP contribution in [0.15, 0.2) is 18.2 Å². The highest BCUT2D eigenvalue weighted by Gasteiger charge is 2.22. The number of rotatable bonds is 4. The van der Waals surface area contributed by atoms with E-state index < -0.39 is 16.1 Å². The normalized spacial score (nSPS) is 16.4. The Hall–Kier alpha value is -1.80. The van der Waals surface area contributed by atoms with E-state index in [1.54, 1.807) is 12.1 Å². The summed E-state index contributed by atoms with van der Waals surface area (Å²) >= 11 is 0. The van der Waals surface area contributed by atoms with Crippen molar-refractivity contribution in [3.63, 3.8) is 0 Å². The predicted octanol–water partition coefficient (Wildman–Crippen LogP) is 1.01. The van der Waals surface area contributed by atoms with Crippen LogP contribution in [0.5, 0.6) is 0 Å². The van der Waals surface area contributed by atoms with Gasteiger partial charge in [-0.25, -0.2) is 4.72 Å². The van der Waals surface area contributed by atoms with Gasteiger partial charge in [-0.2, -0.15) is 12.7 Å². The lowest BCUT2D eigenvalue weighted by Crippen LogP contribution is -2.39. The molecule has 2 aromatic rings. The fourth-order valence-corrected chi connectivity index (χ4v) is 4.21. The quantitative estimate of drug-likeness (QED) is 0.798. The summed E-state index contributed by atoms with van der Waals surface area (Å²) in [6.07, 6.45) is 6.25. The van der Waals surface area contributed by atoms with Gasteiger partial charge in [0.15, 0.2) is 7.85 Å². The molecule has 0 unspecified atom stereocenters. The van der Waals surface area contributed by atoms with Crippen LogP contribution < -0.4 is 10.3 Å². The molecular formula is C17H24BN3O3S. The predicted molar refractivity (Wildman–Crippen MR) is 102 cm³/mol. The van der Waals surface area contributed by atoms with Crippen molar-refractivity contribution < 1.29 is 13.2 Å². The van der Waals surface area contributed by atoms with Crippen LogP contribution in [-0.4, -0.2) is 45.6 Å². The molecule has 0 saturated heterocycles. The fraction of sp³-hybridized carbons (Fsp3) is 0.471. The van der Waals surface area contributed by atoms with Gasteiger partial charge in [-0.05, 0) is 42.0 Å². The third-order valence-electron chi connectivity index (χ3n) is 5.01. The Balaban J connectivity index is 1.92. The first-order chi connectivity index (χ1) is 11.8. The molecule has 1 aliphatic rings. The molecule has 0 spiro atoms. The van der Waals surface area contributed by atoms with Crippen LogP contribution >= 0.6 is 0 Å². The molecule has 1 aliphatic carbocycles. The molecule has 1 heterocycles. The molecule has 1 fully saturated rings. The smallest absolute Gasteiger partial charge is 0.303 e. The van der Waals surface area contributed by atoms with Crippen LogP contribution in [0.25, 0.3) is 10.9 Å². The molecule has 8 heteroatoms. The Bertz CT molecular complexity index is 899. The molecule has 1 saturated carbocycles. The maximum absolute atomic E-state index is 12.3. The van der Waals surface area contributed by atoms with Crippen molar-refractivity contribution in [3.05, 3.63) is 29.3 Å². The molecule has 134 valence electrons. The van der Waals surface area contributed by atoms with E-state index >= 15 is 0 Å². The molecule has 0 atom stereocenters. The third kappa shape index (κ3) is 3.60. The van der Waals surface area contributed by atoms with Gasteiger partial charge in [0.1, 0.15) is 0 Å². The molecular weight excluding hydrogens is 337 g/mol. The number of hydrogen-bond donors (Lipinski definition) is 2. The Kier molecular flexibility index (Phi) is 4.93. The Morgan fingerprint density at radius 3 is 2.56 bits per heavy atom. The number of hydrogen-bond acceptors (Lipinski definition) is 3. The fourth-order valence-electron chi connectivity index (χ4n) is 3.68. The molecule has 0 bridgehead atoms. The highest BCUT2D eigenvalue weighted by Crippen LogP contribution is 2.35. The summed E-state index contributed by atoms with van der Waals surface area (Å²) in [5.74, 6) is -0.0571. The van der Waals surface area contributed by atoms with Gasteiger partial charge in [-0.15, -0.1) is 0 Å². The summed E-state index contributed by atoms with van der Waals surface area (Å²) in [5.41, 5.74) is 3.70. The zero-order valence-corrected chi connectivity index (χ0v) is 15.7. The second-order valence-electron chi connectivity index (χ2n) is 6.98. The zero-order chi connectivity index (χ0) is 18.2. The number of nitrogens with zero attached hydrogens (tertiary/aromatic N) is 1. The van der Waals surface area contributed by atoms with Crippen molar-refractivity contribution in [2.75, 3.05) is 14.1 Å². The number of carbonyl (C=O) groups is 1. The lowest BCUT2D eigenvalue weighted by molar-refractivity contribution is 0.0980. The van der Waals surface area contributed by atoms with Crippen LogP contribution in [0, 0.1) is 0 Å². The van der Waals surface area contributed by atoms with Crippen LogP contribution in [0.3, 0.4) is 0 Å². The molecule has 1 aromatic heterocycles. The Morgan fingerprint density at radius 1 is 1.24 bits per heavy atom. The van der Waals surface area contributed by atoms with Crippen LogP contribution in [0.4, 0.5) is 0 Å². The molecule has 2 N–H and O–H groups in total.